The number of alkyl halides is 1. The van der Waals surface area contributed by atoms with Gasteiger partial charge in [0.05, 0.1) is 0 Å². The van der Waals surface area contributed by atoms with Crippen molar-refractivity contribution in [2.24, 2.45) is 0 Å². The first-order chi connectivity index (χ1) is 10.7. The molecule has 1 aliphatic rings. The Morgan fingerprint density at radius 2 is 1.45 bits per heavy atom. The van der Waals surface area contributed by atoms with Crippen LogP contribution in [-0.4, -0.2) is 18.5 Å². The Labute approximate surface area is 137 Å². The van der Waals surface area contributed by atoms with Crippen molar-refractivity contribution < 1.29 is 9.53 Å². The molecule has 0 heterocycles. The molecule has 0 aliphatic heterocycles. The predicted octanol–water partition coefficient (Wildman–Crippen LogP) is 5.00. The molecule has 1 aliphatic carbocycles. The molecular weight excluding hydrogens is 296 g/mol. The molecule has 0 amide bonds. The molecule has 2 aromatic carbocycles. The summed E-state index contributed by atoms with van der Waals surface area (Å²) in [6.45, 7) is 4.14. The van der Waals surface area contributed by atoms with Crippen molar-refractivity contribution in [3.63, 3.8) is 0 Å². The molecule has 2 aromatic rings. The number of carbonyl (C=O) groups excluding carboxylic acids is 1. The average Bonchev–Trinajstić information content (AvgIpc) is 2.87. The second-order valence-electron chi connectivity index (χ2n) is 5.03. The summed E-state index contributed by atoms with van der Waals surface area (Å²) in [4.78, 5) is 11.4. The van der Waals surface area contributed by atoms with Gasteiger partial charge >= 0.3 is 5.97 Å². The van der Waals surface area contributed by atoms with Gasteiger partial charge in [-0.15, -0.1) is 11.6 Å². The van der Waals surface area contributed by atoms with E-state index in [1.54, 1.807) is 0 Å². The van der Waals surface area contributed by atoms with Crippen LogP contribution in [0.3, 0.4) is 0 Å². The third-order valence-corrected chi connectivity index (χ3v) is 3.66. The number of fused-ring (bicyclic) bond motifs is 3. The summed E-state index contributed by atoms with van der Waals surface area (Å²) < 4.78 is 5.35. The number of benzene rings is 2. The first-order valence-corrected chi connectivity index (χ1v) is 8.16. The number of esters is 1. The monoisotopic (exact) mass is 316 g/mol. The van der Waals surface area contributed by atoms with Gasteiger partial charge in [0.1, 0.15) is 6.61 Å². The van der Waals surface area contributed by atoms with Gasteiger partial charge in [0.2, 0.25) is 0 Å². The molecule has 0 aromatic heterocycles. The molecule has 0 atom stereocenters. The van der Waals surface area contributed by atoms with Crippen molar-refractivity contribution in [1.29, 1.82) is 0 Å². The van der Waals surface area contributed by atoms with Crippen molar-refractivity contribution in [3.8, 4) is 11.1 Å². The molecule has 0 fully saturated rings. The summed E-state index contributed by atoms with van der Waals surface area (Å²) in [6.07, 6.45) is 0.427. The van der Waals surface area contributed by atoms with Crippen molar-refractivity contribution in [3.05, 3.63) is 59.7 Å². The zero-order valence-electron chi connectivity index (χ0n) is 13.0. The van der Waals surface area contributed by atoms with Gasteiger partial charge in [0.15, 0.2) is 0 Å². The molecule has 0 unspecified atom stereocenters. The molecule has 116 valence electrons. The van der Waals surface area contributed by atoms with Gasteiger partial charge in [-0.3, -0.25) is 4.79 Å². The molecule has 22 heavy (non-hydrogen) atoms. The van der Waals surface area contributed by atoms with Crippen LogP contribution in [-0.2, 0) is 9.53 Å². The number of halogens is 1. The van der Waals surface area contributed by atoms with E-state index in [0.717, 1.165) is 5.88 Å². The molecule has 0 N–H and O–H groups in total. The van der Waals surface area contributed by atoms with Crippen molar-refractivity contribution in [1.82, 2.24) is 0 Å². The van der Waals surface area contributed by atoms with Crippen LogP contribution in [0, 0.1) is 0 Å². The van der Waals surface area contributed by atoms with Gasteiger partial charge in [-0.25, -0.2) is 0 Å². The summed E-state index contributed by atoms with van der Waals surface area (Å²) in [5.74, 6) is 0.754. The van der Waals surface area contributed by atoms with E-state index in [1.807, 2.05) is 26.0 Å². The second kappa shape index (κ2) is 8.00. The fourth-order valence-electron chi connectivity index (χ4n) is 2.72. The molecule has 0 saturated heterocycles. The third kappa shape index (κ3) is 3.50. The molecule has 2 nitrogen and oxygen atoms in total. The lowest BCUT2D eigenvalue weighted by atomic mass is 9.98. The van der Waals surface area contributed by atoms with Crippen molar-refractivity contribution in [2.75, 3.05) is 12.5 Å². The van der Waals surface area contributed by atoms with Gasteiger partial charge in [-0.2, -0.15) is 0 Å². The zero-order valence-corrected chi connectivity index (χ0v) is 13.8. The number of carbonyl (C=O) groups is 1. The first-order valence-electron chi connectivity index (χ1n) is 7.62. The normalized spacial score (nSPS) is 12.0. The largest absolute Gasteiger partial charge is 0.465 e. The van der Waals surface area contributed by atoms with Crippen LogP contribution >= 0.6 is 11.6 Å². The van der Waals surface area contributed by atoms with Crippen LogP contribution < -0.4 is 0 Å². The molecule has 3 heteroatoms. The van der Waals surface area contributed by atoms with Gasteiger partial charge in [0, 0.05) is 18.2 Å². The minimum absolute atomic E-state index is 0.137. The Balaban J connectivity index is 0.000000545. The summed E-state index contributed by atoms with van der Waals surface area (Å²) in [5, 5.41) is 0. The van der Waals surface area contributed by atoms with Crippen molar-refractivity contribution in [2.45, 2.75) is 26.2 Å². The summed E-state index contributed by atoms with van der Waals surface area (Å²) in [5.41, 5.74) is 5.03. The summed E-state index contributed by atoms with van der Waals surface area (Å²) in [7, 11) is 0. The van der Waals surface area contributed by atoms with Crippen LogP contribution in [0.5, 0.6) is 0 Å². The average molecular weight is 317 g/mol. The first kappa shape index (κ1) is 16.6. The summed E-state index contributed by atoms with van der Waals surface area (Å²) in [6, 6.07) is 16.7. The molecular formula is C19H21ClO2. The van der Waals surface area contributed by atoms with Gasteiger partial charge < -0.3 is 4.74 Å². The molecule has 0 radical (unpaired) electrons. The van der Waals surface area contributed by atoms with Gasteiger partial charge in [0.25, 0.3) is 0 Å². The highest BCUT2D eigenvalue weighted by molar-refractivity contribution is 6.17. The highest BCUT2D eigenvalue weighted by atomic mass is 35.5. The minimum atomic E-state index is -0.137. The maximum atomic E-state index is 11.4. The molecule has 0 saturated carbocycles. The second-order valence-corrected chi connectivity index (χ2v) is 5.57. The standard InChI is InChI=1S/C17H16O2.C2H5Cl/c1-2-17(18)19-11-16-14-9-5-3-7-12(14)13-8-4-6-10-15(13)16;1-2-3/h3-10,16H,2,11H2,1H3;2H2,1H3. The van der Waals surface area contributed by atoms with Crippen LogP contribution in [0.2, 0.25) is 0 Å². The fourth-order valence-corrected chi connectivity index (χ4v) is 2.72. The zero-order chi connectivity index (χ0) is 15.9. The quantitative estimate of drug-likeness (QED) is 0.588. The Hall–Kier alpha value is -1.80. The molecule has 0 spiro atoms. The maximum Gasteiger partial charge on any atom is 0.305 e. The lowest BCUT2D eigenvalue weighted by Crippen LogP contribution is -2.11. The Morgan fingerprint density at radius 3 is 1.91 bits per heavy atom. The van der Waals surface area contributed by atoms with E-state index in [0.29, 0.717) is 13.0 Å². The van der Waals surface area contributed by atoms with E-state index >= 15 is 0 Å². The third-order valence-electron chi connectivity index (χ3n) is 3.66. The maximum absolute atomic E-state index is 11.4. The lowest BCUT2D eigenvalue weighted by Gasteiger charge is -2.13. The number of ether oxygens (including phenoxy) is 1. The van der Waals surface area contributed by atoms with Crippen LogP contribution in [0.1, 0.15) is 37.3 Å². The molecule has 0 bridgehead atoms. The predicted molar refractivity (Wildman–Crippen MR) is 91.4 cm³/mol. The summed E-state index contributed by atoms with van der Waals surface area (Å²) >= 11 is 5.00. The van der Waals surface area contributed by atoms with Crippen LogP contribution in [0.15, 0.2) is 48.5 Å². The van der Waals surface area contributed by atoms with Crippen LogP contribution in [0.25, 0.3) is 11.1 Å². The number of hydrogen-bond acceptors (Lipinski definition) is 2. The highest BCUT2D eigenvalue weighted by Crippen LogP contribution is 2.44. The van der Waals surface area contributed by atoms with E-state index in [9.17, 15) is 4.79 Å². The Kier molecular flexibility index (Phi) is 6.02. The fraction of sp³-hybridized carbons (Fsp3) is 0.316. The number of rotatable bonds is 3. The topological polar surface area (TPSA) is 26.3 Å². The Bertz CT molecular complexity index is 591. The van der Waals surface area contributed by atoms with Gasteiger partial charge in [-0.05, 0) is 22.3 Å². The highest BCUT2D eigenvalue weighted by Gasteiger charge is 2.28. The van der Waals surface area contributed by atoms with E-state index in [1.165, 1.54) is 22.3 Å². The van der Waals surface area contributed by atoms with E-state index in [2.05, 4.69) is 36.4 Å². The lowest BCUT2D eigenvalue weighted by molar-refractivity contribution is -0.143. The van der Waals surface area contributed by atoms with Crippen molar-refractivity contribution >= 4 is 17.6 Å². The van der Waals surface area contributed by atoms with E-state index < -0.39 is 0 Å². The van der Waals surface area contributed by atoms with Gasteiger partial charge in [-0.1, -0.05) is 62.4 Å². The smallest absolute Gasteiger partial charge is 0.305 e. The minimum Gasteiger partial charge on any atom is -0.465 e. The van der Waals surface area contributed by atoms with E-state index in [-0.39, 0.29) is 11.9 Å². The number of hydrogen-bond donors (Lipinski definition) is 0. The Morgan fingerprint density at radius 1 is 1.00 bits per heavy atom. The molecule has 3 rings (SSSR count). The SMILES string of the molecule is CCC(=O)OCC1c2ccccc2-c2ccccc21.CCCl. The van der Waals surface area contributed by atoms with Crippen LogP contribution in [0.4, 0.5) is 0 Å². The van der Waals surface area contributed by atoms with E-state index in [4.69, 9.17) is 16.3 Å².